The number of hydrogen-bond acceptors (Lipinski definition) is 7. The molecule has 3 heterocycles. The van der Waals surface area contributed by atoms with Crippen LogP contribution in [0.5, 0.6) is 0 Å². The molecule has 4 rings (SSSR count). The molecule has 2 aliphatic rings. The molecule has 1 unspecified atom stereocenters. The van der Waals surface area contributed by atoms with Gasteiger partial charge in [-0.3, -0.25) is 0 Å². The summed E-state index contributed by atoms with van der Waals surface area (Å²) in [7, 11) is 0. The molecule has 1 spiro atoms. The summed E-state index contributed by atoms with van der Waals surface area (Å²) in [5, 5.41) is 8.43. The van der Waals surface area contributed by atoms with Gasteiger partial charge in [0.1, 0.15) is 5.82 Å². The molecule has 1 aliphatic heterocycles. The second-order valence-electron chi connectivity index (χ2n) is 7.00. The van der Waals surface area contributed by atoms with Gasteiger partial charge in [0.25, 0.3) is 0 Å². The third-order valence-electron chi connectivity index (χ3n) is 5.41. The number of aromatic nitrogens is 5. The molecule has 130 valence electrons. The van der Waals surface area contributed by atoms with Gasteiger partial charge in [-0.05, 0) is 26.2 Å². The zero-order valence-corrected chi connectivity index (χ0v) is 14.1. The molecule has 1 atom stereocenters. The van der Waals surface area contributed by atoms with Crippen LogP contribution in [0.15, 0.2) is 4.52 Å². The van der Waals surface area contributed by atoms with Crippen LogP contribution < -0.4 is 5.73 Å². The third kappa shape index (κ3) is 2.79. The summed E-state index contributed by atoms with van der Waals surface area (Å²) in [5.41, 5.74) is 6.02. The van der Waals surface area contributed by atoms with Crippen LogP contribution >= 0.6 is 0 Å². The van der Waals surface area contributed by atoms with E-state index in [-0.39, 0.29) is 5.41 Å². The van der Waals surface area contributed by atoms with E-state index < -0.39 is 0 Å². The highest BCUT2D eigenvalue weighted by Gasteiger charge is 2.46. The zero-order valence-electron chi connectivity index (χ0n) is 14.1. The van der Waals surface area contributed by atoms with Crippen LogP contribution in [0.1, 0.15) is 55.6 Å². The number of ether oxygens (including phenoxy) is 1. The molecule has 24 heavy (non-hydrogen) atoms. The van der Waals surface area contributed by atoms with Gasteiger partial charge in [-0.2, -0.15) is 15.1 Å². The number of rotatable bonds is 4. The lowest BCUT2D eigenvalue weighted by Gasteiger charge is -2.39. The van der Waals surface area contributed by atoms with Gasteiger partial charge in [-0.1, -0.05) is 18.0 Å². The third-order valence-corrected chi connectivity index (χ3v) is 5.41. The monoisotopic (exact) mass is 332 g/mol. The van der Waals surface area contributed by atoms with Crippen molar-refractivity contribution in [3.8, 4) is 0 Å². The van der Waals surface area contributed by atoms with E-state index in [1.807, 2.05) is 6.92 Å². The molecule has 8 nitrogen and oxygen atoms in total. The highest BCUT2D eigenvalue weighted by molar-refractivity contribution is 5.15. The predicted octanol–water partition coefficient (Wildman–Crippen LogP) is 1.86. The minimum absolute atomic E-state index is 0.204. The fourth-order valence-corrected chi connectivity index (χ4v) is 4.19. The SMILES string of the molecule is Cc1nc(N)n(CCc2noc(C3CCOCC34CCCC4)n2)n1. The van der Waals surface area contributed by atoms with Crippen LogP contribution in [0.2, 0.25) is 0 Å². The van der Waals surface area contributed by atoms with E-state index in [1.54, 1.807) is 4.68 Å². The van der Waals surface area contributed by atoms with E-state index >= 15 is 0 Å². The lowest BCUT2D eigenvalue weighted by atomic mass is 9.71. The molecule has 2 N–H and O–H groups in total. The molecule has 0 amide bonds. The van der Waals surface area contributed by atoms with Crippen molar-refractivity contribution in [1.82, 2.24) is 24.9 Å². The molecule has 8 heteroatoms. The molecule has 1 aliphatic carbocycles. The number of nitrogen functional groups attached to an aromatic ring is 1. The first-order valence-electron chi connectivity index (χ1n) is 8.73. The number of hydrogen-bond donors (Lipinski definition) is 1. The van der Waals surface area contributed by atoms with Crippen molar-refractivity contribution in [2.75, 3.05) is 18.9 Å². The van der Waals surface area contributed by atoms with Crippen LogP contribution in [0.25, 0.3) is 0 Å². The van der Waals surface area contributed by atoms with Gasteiger partial charge in [0.05, 0.1) is 13.2 Å². The molecule has 2 fully saturated rings. The maximum Gasteiger partial charge on any atom is 0.230 e. The van der Waals surface area contributed by atoms with Crippen molar-refractivity contribution >= 4 is 5.95 Å². The van der Waals surface area contributed by atoms with Crippen LogP contribution in [0.3, 0.4) is 0 Å². The first kappa shape index (κ1) is 15.6. The summed E-state index contributed by atoms with van der Waals surface area (Å²) >= 11 is 0. The fraction of sp³-hybridized carbons (Fsp3) is 0.750. The van der Waals surface area contributed by atoms with Crippen molar-refractivity contribution in [3.05, 3.63) is 17.5 Å². The molecule has 1 saturated carbocycles. The van der Waals surface area contributed by atoms with Crippen LogP contribution in [-0.2, 0) is 17.7 Å². The second kappa shape index (κ2) is 6.16. The summed E-state index contributed by atoms with van der Waals surface area (Å²) in [6.07, 6.45) is 6.54. The first-order chi connectivity index (χ1) is 11.7. The summed E-state index contributed by atoms with van der Waals surface area (Å²) in [5.74, 6) is 2.90. The Morgan fingerprint density at radius 3 is 2.88 bits per heavy atom. The van der Waals surface area contributed by atoms with Gasteiger partial charge >= 0.3 is 0 Å². The molecule has 0 aromatic carbocycles. The minimum Gasteiger partial charge on any atom is -0.381 e. The standard InChI is InChI=1S/C16H24N6O2/c1-11-18-15(17)22(20-11)8-4-13-19-14(24-21-13)12-5-9-23-10-16(12)6-2-3-7-16/h12H,2-10H2,1H3,(H2,17,18,20). The van der Waals surface area contributed by atoms with Gasteiger partial charge in [-0.25, -0.2) is 4.68 Å². The maximum atomic E-state index is 5.82. The Bertz CT molecular complexity index is 703. The molecule has 0 bridgehead atoms. The Morgan fingerprint density at radius 2 is 2.12 bits per heavy atom. The molecule has 2 aromatic heterocycles. The Morgan fingerprint density at radius 1 is 1.29 bits per heavy atom. The Kier molecular flexibility index (Phi) is 3.99. The van der Waals surface area contributed by atoms with Crippen LogP contribution in [-0.4, -0.2) is 38.1 Å². The second-order valence-corrected chi connectivity index (χ2v) is 7.00. The number of aryl methyl sites for hydroxylation is 3. The van der Waals surface area contributed by atoms with Crippen LogP contribution in [0.4, 0.5) is 5.95 Å². The fourth-order valence-electron chi connectivity index (χ4n) is 4.19. The van der Waals surface area contributed by atoms with Gasteiger partial charge in [-0.15, -0.1) is 0 Å². The molecular weight excluding hydrogens is 308 g/mol. The van der Waals surface area contributed by atoms with Crippen molar-refractivity contribution < 1.29 is 9.26 Å². The van der Waals surface area contributed by atoms with Crippen LogP contribution in [0, 0.1) is 12.3 Å². The van der Waals surface area contributed by atoms with E-state index in [2.05, 4.69) is 20.2 Å². The summed E-state index contributed by atoms with van der Waals surface area (Å²) in [6.45, 7) is 4.03. The van der Waals surface area contributed by atoms with Gasteiger partial charge < -0.3 is 15.0 Å². The van der Waals surface area contributed by atoms with E-state index in [0.717, 1.165) is 25.5 Å². The quantitative estimate of drug-likeness (QED) is 0.911. The number of nitrogens with zero attached hydrogens (tertiary/aromatic N) is 5. The van der Waals surface area contributed by atoms with E-state index in [9.17, 15) is 0 Å². The van der Waals surface area contributed by atoms with Crippen molar-refractivity contribution in [3.63, 3.8) is 0 Å². The Labute approximate surface area is 140 Å². The average Bonchev–Trinajstić information content (AvgIpc) is 3.28. The lowest BCUT2D eigenvalue weighted by molar-refractivity contribution is -0.0295. The first-order valence-corrected chi connectivity index (χ1v) is 8.73. The van der Waals surface area contributed by atoms with Gasteiger partial charge in [0.15, 0.2) is 5.82 Å². The predicted molar refractivity (Wildman–Crippen MR) is 86.3 cm³/mol. The molecule has 1 saturated heterocycles. The highest BCUT2D eigenvalue weighted by atomic mass is 16.5. The molecule has 2 aromatic rings. The Balaban J connectivity index is 1.47. The van der Waals surface area contributed by atoms with E-state index in [1.165, 1.54) is 25.7 Å². The van der Waals surface area contributed by atoms with E-state index in [0.29, 0.717) is 36.5 Å². The smallest absolute Gasteiger partial charge is 0.230 e. The average molecular weight is 332 g/mol. The molecular formula is C16H24N6O2. The lowest BCUT2D eigenvalue weighted by Crippen LogP contribution is -2.36. The number of nitrogens with two attached hydrogens (primary N) is 1. The van der Waals surface area contributed by atoms with Crippen molar-refractivity contribution in [1.29, 1.82) is 0 Å². The van der Waals surface area contributed by atoms with Gasteiger partial charge in [0.2, 0.25) is 11.8 Å². The number of anilines is 1. The summed E-state index contributed by atoms with van der Waals surface area (Å²) in [6, 6.07) is 0. The maximum absolute atomic E-state index is 5.82. The zero-order chi connectivity index (χ0) is 16.6. The summed E-state index contributed by atoms with van der Waals surface area (Å²) in [4.78, 5) is 8.77. The van der Waals surface area contributed by atoms with Gasteiger partial charge in [0, 0.05) is 24.4 Å². The minimum atomic E-state index is 0.204. The van der Waals surface area contributed by atoms with Crippen molar-refractivity contribution in [2.24, 2.45) is 5.41 Å². The largest absolute Gasteiger partial charge is 0.381 e. The van der Waals surface area contributed by atoms with E-state index in [4.69, 9.17) is 15.0 Å². The topological polar surface area (TPSA) is 105 Å². The normalized spacial score (nSPS) is 23.1. The highest BCUT2D eigenvalue weighted by Crippen LogP contribution is 2.52. The Hall–Kier alpha value is -1.96. The van der Waals surface area contributed by atoms with Crippen molar-refractivity contribution in [2.45, 2.75) is 57.9 Å². The molecule has 0 radical (unpaired) electrons. The summed E-state index contributed by atoms with van der Waals surface area (Å²) < 4.78 is 13.1.